The van der Waals surface area contributed by atoms with Gasteiger partial charge in [-0.15, -0.1) is 0 Å². The van der Waals surface area contributed by atoms with E-state index in [-0.39, 0.29) is 17.0 Å². The molecule has 0 amide bonds. The van der Waals surface area contributed by atoms with Crippen LogP contribution in [0.2, 0.25) is 5.02 Å². The number of rotatable bonds is 4. The predicted octanol–water partition coefficient (Wildman–Crippen LogP) is 3.94. The quantitative estimate of drug-likeness (QED) is 0.816. The first-order valence-electron chi connectivity index (χ1n) is 8.62. The molecule has 146 valence electrons. The van der Waals surface area contributed by atoms with Crippen molar-refractivity contribution in [3.05, 3.63) is 57.0 Å². The molecular weight excluding hydrogens is 381 g/mol. The summed E-state index contributed by atoms with van der Waals surface area (Å²) in [6, 6.07) is 5.32. The highest BCUT2D eigenvalue weighted by atomic mass is 35.5. The third kappa shape index (κ3) is 4.44. The third-order valence-corrected chi connectivity index (χ3v) is 5.31. The van der Waals surface area contributed by atoms with Crippen LogP contribution in [0.5, 0.6) is 0 Å². The Balaban J connectivity index is 1.79. The van der Waals surface area contributed by atoms with Gasteiger partial charge in [-0.2, -0.15) is 18.3 Å². The highest BCUT2D eigenvalue weighted by Gasteiger charge is 2.33. The lowest BCUT2D eigenvalue weighted by molar-refractivity contribution is -0.137. The van der Waals surface area contributed by atoms with E-state index < -0.39 is 17.3 Å². The van der Waals surface area contributed by atoms with Gasteiger partial charge in [-0.25, -0.2) is 5.10 Å². The molecule has 0 spiro atoms. The van der Waals surface area contributed by atoms with Gasteiger partial charge < -0.3 is 5.32 Å². The van der Waals surface area contributed by atoms with Crippen LogP contribution in [-0.4, -0.2) is 35.2 Å². The molecule has 3 rings (SSSR count). The van der Waals surface area contributed by atoms with E-state index >= 15 is 0 Å². The van der Waals surface area contributed by atoms with E-state index in [4.69, 9.17) is 11.6 Å². The van der Waals surface area contributed by atoms with Crippen molar-refractivity contribution in [2.24, 2.45) is 5.92 Å². The average Bonchev–Trinajstić information content (AvgIpc) is 2.62. The van der Waals surface area contributed by atoms with Crippen molar-refractivity contribution < 1.29 is 13.2 Å². The molecule has 1 aliphatic rings. The van der Waals surface area contributed by atoms with Gasteiger partial charge in [-0.1, -0.05) is 23.7 Å². The van der Waals surface area contributed by atoms with E-state index in [2.05, 4.69) is 20.4 Å². The zero-order valence-electron chi connectivity index (χ0n) is 14.7. The van der Waals surface area contributed by atoms with E-state index in [0.29, 0.717) is 12.2 Å². The van der Waals surface area contributed by atoms with E-state index in [9.17, 15) is 18.0 Å². The second-order valence-corrected chi connectivity index (χ2v) is 7.13. The minimum atomic E-state index is -4.35. The molecule has 1 fully saturated rings. The number of hydrogen-bond acceptors (Lipinski definition) is 4. The minimum absolute atomic E-state index is 0.0257. The van der Waals surface area contributed by atoms with Gasteiger partial charge in [0.2, 0.25) is 0 Å². The van der Waals surface area contributed by atoms with E-state index in [0.717, 1.165) is 37.1 Å². The first-order chi connectivity index (χ1) is 12.8. The summed E-state index contributed by atoms with van der Waals surface area (Å²) in [6.07, 6.45) is -0.996. The number of nitrogens with zero attached hydrogens (tertiary/aromatic N) is 2. The Morgan fingerprint density at radius 2 is 2.04 bits per heavy atom. The fourth-order valence-electron chi connectivity index (χ4n) is 3.62. The number of aromatic amines is 1. The van der Waals surface area contributed by atoms with Crippen LogP contribution in [0.25, 0.3) is 0 Å². The summed E-state index contributed by atoms with van der Waals surface area (Å²) in [5, 5.41) is 9.19. The second-order valence-electron chi connectivity index (χ2n) is 6.76. The van der Waals surface area contributed by atoms with Crippen LogP contribution in [0.15, 0.2) is 35.3 Å². The van der Waals surface area contributed by atoms with Crippen LogP contribution in [0.3, 0.4) is 0 Å². The number of hydrogen-bond donors (Lipinski definition) is 2. The highest BCUT2D eigenvalue weighted by molar-refractivity contribution is 6.32. The van der Waals surface area contributed by atoms with E-state index in [1.54, 1.807) is 12.1 Å². The van der Waals surface area contributed by atoms with Gasteiger partial charge in [0.15, 0.2) is 0 Å². The van der Waals surface area contributed by atoms with Crippen LogP contribution in [0.1, 0.15) is 30.0 Å². The fraction of sp³-hybridized carbons (Fsp3) is 0.444. The number of H-pyrrole nitrogens is 1. The number of anilines is 1. The first kappa shape index (κ1) is 19.7. The zero-order chi connectivity index (χ0) is 19.6. The van der Waals surface area contributed by atoms with Crippen LogP contribution >= 0.6 is 11.6 Å². The van der Waals surface area contributed by atoms with Crippen molar-refractivity contribution in [1.29, 1.82) is 0 Å². The number of aromatic nitrogens is 2. The Bertz CT molecular complexity index is 838. The molecule has 2 aromatic rings. The van der Waals surface area contributed by atoms with E-state index in [1.165, 1.54) is 6.20 Å². The molecule has 2 unspecified atom stereocenters. The monoisotopic (exact) mass is 400 g/mol. The molecule has 0 radical (unpaired) electrons. The first-order valence-corrected chi connectivity index (χ1v) is 8.99. The van der Waals surface area contributed by atoms with Crippen LogP contribution in [0.4, 0.5) is 18.9 Å². The van der Waals surface area contributed by atoms with Crippen molar-refractivity contribution in [1.82, 2.24) is 15.1 Å². The molecule has 1 aromatic carbocycles. The Morgan fingerprint density at radius 1 is 1.33 bits per heavy atom. The molecule has 2 heterocycles. The van der Waals surface area contributed by atoms with Crippen LogP contribution < -0.4 is 10.9 Å². The van der Waals surface area contributed by atoms with Gasteiger partial charge in [0.25, 0.3) is 5.56 Å². The molecule has 2 N–H and O–H groups in total. The maximum absolute atomic E-state index is 12.8. The van der Waals surface area contributed by atoms with Gasteiger partial charge in [0, 0.05) is 12.6 Å². The maximum atomic E-state index is 12.8. The lowest BCUT2D eigenvalue weighted by Crippen LogP contribution is -2.39. The van der Waals surface area contributed by atoms with Crippen molar-refractivity contribution in [2.45, 2.75) is 25.1 Å². The summed E-state index contributed by atoms with van der Waals surface area (Å²) in [4.78, 5) is 13.7. The Hall–Kier alpha value is -2.06. The van der Waals surface area contributed by atoms with Crippen molar-refractivity contribution in [2.75, 3.05) is 25.5 Å². The molecule has 2 atom stereocenters. The normalized spacial score (nSPS) is 21.2. The van der Waals surface area contributed by atoms with Crippen LogP contribution in [0, 0.1) is 5.92 Å². The van der Waals surface area contributed by atoms with Crippen molar-refractivity contribution >= 4 is 17.3 Å². The summed E-state index contributed by atoms with van der Waals surface area (Å²) >= 11 is 5.99. The second kappa shape index (κ2) is 7.90. The summed E-state index contributed by atoms with van der Waals surface area (Å²) in [6.45, 7) is 1.40. The smallest absolute Gasteiger partial charge is 0.382 e. The topological polar surface area (TPSA) is 61.0 Å². The third-order valence-electron chi connectivity index (χ3n) is 4.94. The molecule has 1 saturated heterocycles. The maximum Gasteiger partial charge on any atom is 0.416 e. The van der Waals surface area contributed by atoms with Gasteiger partial charge >= 0.3 is 6.18 Å². The lowest BCUT2D eigenvalue weighted by Gasteiger charge is -2.40. The molecule has 27 heavy (non-hydrogen) atoms. The average molecular weight is 401 g/mol. The Morgan fingerprint density at radius 3 is 2.70 bits per heavy atom. The molecule has 0 aliphatic carbocycles. The molecule has 0 saturated carbocycles. The summed E-state index contributed by atoms with van der Waals surface area (Å²) < 4.78 is 38.5. The van der Waals surface area contributed by atoms with E-state index in [1.807, 2.05) is 7.05 Å². The summed E-state index contributed by atoms with van der Waals surface area (Å²) in [5.74, 6) is 0.149. The number of benzene rings is 1. The van der Waals surface area contributed by atoms with Gasteiger partial charge in [0.05, 0.1) is 17.4 Å². The van der Waals surface area contributed by atoms with Crippen molar-refractivity contribution in [3.63, 3.8) is 0 Å². The minimum Gasteiger partial charge on any atom is -0.382 e. The molecular formula is C18H20ClF3N4O. The largest absolute Gasteiger partial charge is 0.416 e. The molecule has 0 bridgehead atoms. The number of halogens is 4. The standard InChI is InChI=1S/C18H20ClF3N4O/c1-26-8-2-3-12(9-23-14-10-24-25-17(27)15(14)19)16(26)11-4-6-13(7-5-11)18(20,21)22/h4-7,10,12,16H,2-3,8-9H2,1H3,(H2,23,25,27). The van der Waals surface area contributed by atoms with Gasteiger partial charge in [-0.3, -0.25) is 9.69 Å². The van der Waals surface area contributed by atoms with Crippen LogP contribution in [-0.2, 0) is 6.18 Å². The number of likely N-dealkylation sites (tertiary alicyclic amines) is 1. The van der Waals surface area contributed by atoms with Gasteiger partial charge in [0.1, 0.15) is 5.02 Å². The number of piperidine rings is 1. The zero-order valence-corrected chi connectivity index (χ0v) is 15.4. The SMILES string of the molecule is CN1CCCC(CNc2cn[nH]c(=O)c2Cl)C1c1ccc(C(F)(F)F)cc1. The predicted molar refractivity (Wildman–Crippen MR) is 97.9 cm³/mol. The number of alkyl halides is 3. The molecule has 1 aliphatic heterocycles. The summed E-state index contributed by atoms with van der Waals surface area (Å²) in [7, 11) is 1.97. The molecule has 5 nitrogen and oxygen atoms in total. The summed E-state index contributed by atoms with van der Waals surface area (Å²) in [5.41, 5.74) is 0.161. The molecule has 9 heteroatoms. The number of nitrogens with one attached hydrogen (secondary N) is 2. The fourth-order valence-corrected chi connectivity index (χ4v) is 3.78. The molecule has 1 aromatic heterocycles. The Kier molecular flexibility index (Phi) is 5.76. The Labute approximate surface area is 159 Å². The van der Waals surface area contributed by atoms with Crippen molar-refractivity contribution in [3.8, 4) is 0 Å². The van der Waals surface area contributed by atoms with Gasteiger partial charge in [-0.05, 0) is 50.0 Å². The lowest BCUT2D eigenvalue weighted by atomic mass is 9.84. The highest BCUT2D eigenvalue weighted by Crippen LogP contribution is 2.37.